The largest absolute Gasteiger partial charge is 0.296 e. The van der Waals surface area contributed by atoms with E-state index in [1.54, 1.807) is 36.9 Å². The first-order valence-electron chi connectivity index (χ1n) is 8.76. The van der Waals surface area contributed by atoms with Gasteiger partial charge >= 0.3 is 0 Å². The Morgan fingerprint density at radius 2 is 1.69 bits per heavy atom. The molecule has 146 valence electrons. The summed E-state index contributed by atoms with van der Waals surface area (Å²) >= 11 is 12.6. The molecule has 0 saturated carbocycles. The fourth-order valence-electron chi connectivity index (χ4n) is 3.18. The summed E-state index contributed by atoms with van der Waals surface area (Å²) in [7, 11) is 1.79. The van der Waals surface area contributed by atoms with Crippen LogP contribution in [0.1, 0.15) is 11.3 Å². The van der Waals surface area contributed by atoms with Gasteiger partial charge in [-0.25, -0.2) is 4.68 Å². The van der Waals surface area contributed by atoms with Crippen LogP contribution in [0.25, 0.3) is 11.8 Å². The van der Waals surface area contributed by atoms with Gasteiger partial charge < -0.3 is 0 Å². The van der Waals surface area contributed by atoms with Crippen LogP contribution >= 0.6 is 35.6 Å². The van der Waals surface area contributed by atoms with E-state index in [4.69, 9.17) is 23.8 Å². The first-order valence-corrected chi connectivity index (χ1v) is 10.4. The lowest BCUT2D eigenvalue weighted by Gasteiger charge is -2.12. The smallest absolute Gasteiger partial charge is 0.283 e. The number of benzene rings is 2. The lowest BCUT2D eigenvalue weighted by molar-refractivity contribution is -0.113. The molecule has 3 aromatic rings. The number of hydrogen-bond acceptors (Lipinski definition) is 4. The maximum Gasteiger partial charge on any atom is 0.296 e. The molecule has 2 heterocycles. The second-order valence-corrected chi connectivity index (χ2v) is 8.59. The van der Waals surface area contributed by atoms with Gasteiger partial charge in [-0.2, -0.15) is 0 Å². The molecule has 0 bridgehead atoms. The highest BCUT2D eigenvalue weighted by Crippen LogP contribution is 2.36. The van der Waals surface area contributed by atoms with Gasteiger partial charge in [-0.05, 0) is 42.8 Å². The molecule has 0 spiro atoms. The van der Waals surface area contributed by atoms with Crippen molar-refractivity contribution in [1.29, 1.82) is 0 Å². The van der Waals surface area contributed by atoms with Crippen molar-refractivity contribution in [3.63, 3.8) is 0 Å². The molecule has 8 heteroatoms. The molecule has 0 radical (unpaired) electrons. The van der Waals surface area contributed by atoms with Crippen molar-refractivity contribution in [2.45, 2.75) is 6.92 Å². The van der Waals surface area contributed by atoms with Crippen LogP contribution in [0.15, 0.2) is 64.3 Å². The van der Waals surface area contributed by atoms with Crippen LogP contribution in [0.5, 0.6) is 0 Å². The van der Waals surface area contributed by atoms with Gasteiger partial charge in [0.15, 0.2) is 4.32 Å². The zero-order chi connectivity index (χ0) is 20.7. The molecule has 1 saturated heterocycles. The van der Waals surface area contributed by atoms with Gasteiger partial charge in [0, 0.05) is 12.1 Å². The summed E-state index contributed by atoms with van der Waals surface area (Å²) in [4.78, 5) is 28.1. The minimum atomic E-state index is -0.305. The number of halogens is 1. The van der Waals surface area contributed by atoms with Gasteiger partial charge in [0.2, 0.25) is 0 Å². The van der Waals surface area contributed by atoms with Crippen molar-refractivity contribution in [3.8, 4) is 5.69 Å². The second-order valence-electron chi connectivity index (χ2n) is 6.48. The third-order valence-electron chi connectivity index (χ3n) is 4.71. The molecule has 1 aliphatic heterocycles. The maximum absolute atomic E-state index is 13.2. The van der Waals surface area contributed by atoms with Crippen LogP contribution in [0.3, 0.4) is 0 Å². The number of aromatic nitrogens is 2. The second kappa shape index (κ2) is 7.67. The Balaban J connectivity index is 1.78. The SMILES string of the molecule is Cc1c(N2C(=O)/C(=C/c3ccc(Cl)cc3)SC2=S)c(=O)n(-c2ccccc2)n1C. The number of thioether (sulfide) groups is 1. The molecule has 0 atom stereocenters. The van der Waals surface area contributed by atoms with Crippen molar-refractivity contribution < 1.29 is 4.79 Å². The number of rotatable bonds is 3. The molecular weight excluding hydrogens is 426 g/mol. The molecule has 4 rings (SSSR count). The van der Waals surface area contributed by atoms with Gasteiger partial charge in [-0.3, -0.25) is 19.2 Å². The highest BCUT2D eigenvalue weighted by molar-refractivity contribution is 8.27. The van der Waals surface area contributed by atoms with Gasteiger partial charge in [0.05, 0.1) is 16.3 Å². The number of anilines is 1. The Morgan fingerprint density at radius 1 is 1.03 bits per heavy atom. The number of para-hydroxylation sites is 1. The van der Waals surface area contributed by atoms with Crippen molar-refractivity contribution in [3.05, 3.63) is 86.1 Å². The van der Waals surface area contributed by atoms with Crippen molar-refractivity contribution in [1.82, 2.24) is 9.36 Å². The van der Waals surface area contributed by atoms with Crippen LogP contribution in [0.2, 0.25) is 5.02 Å². The van der Waals surface area contributed by atoms with Crippen LogP contribution in [0.4, 0.5) is 5.69 Å². The monoisotopic (exact) mass is 441 g/mol. The fourth-order valence-corrected chi connectivity index (χ4v) is 4.58. The molecule has 1 aromatic heterocycles. The van der Waals surface area contributed by atoms with Gasteiger partial charge in [0.25, 0.3) is 11.5 Å². The highest BCUT2D eigenvalue weighted by atomic mass is 35.5. The van der Waals surface area contributed by atoms with Crippen molar-refractivity contribution in [2.24, 2.45) is 7.05 Å². The van der Waals surface area contributed by atoms with E-state index in [9.17, 15) is 9.59 Å². The molecule has 0 aliphatic carbocycles. The predicted molar refractivity (Wildman–Crippen MR) is 123 cm³/mol. The number of nitrogens with zero attached hydrogens (tertiary/aromatic N) is 3. The van der Waals surface area contributed by atoms with Gasteiger partial charge in [-0.15, -0.1) is 0 Å². The molecule has 2 aromatic carbocycles. The Morgan fingerprint density at radius 3 is 2.34 bits per heavy atom. The first kappa shape index (κ1) is 19.7. The summed E-state index contributed by atoms with van der Waals surface area (Å²) in [6, 6.07) is 16.5. The van der Waals surface area contributed by atoms with E-state index in [0.717, 1.165) is 11.3 Å². The predicted octanol–water partition coefficient (Wildman–Crippen LogP) is 4.54. The Bertz CT molecular complexity index is 1210. The summed E-state index contributed by atoms with van der Waals surface area (Å²) in [5.41, 5.74) is 2.19. The lowest BCUT2D eigenvalue weighted by atomic mass is 10.2. The standard InChI is InChI=1S/C21H16ClN3O2S2/c1-13-18(20(27)25(23(13)2)16-6-4-3-5-7-16)24-19(26)17(29-21(24)28)12-14-8-10-15(22)11-9-14/h3-12H,1-2H3/b17-12-. The molecule has 29 heavy (non-hydrogen) atoms. The normalized spacial score (nSPS) is 15.6. The van der Waals surface area contributed by atoms with Crippen LogP contribution in [-0.4, -0.2) is 19.6 Å². The van der Waals surface area contributed by atoms with E-state index in [2.05, 4.69) is 0 Å². The van der Waals surface area contributed by atoms with E-state index in [0.29, 0.717) is 19.9 Å². The van der Waals surface area contributed by atoms with E-state index in [1.807, 2.05) is 42.5 Å². The average Bonchev–Trinajstić information content (AvgIpc) is 3.10. The third-order valence-corrected chi connectivity index (χ3v) is 6.26. The van der Waals surface area contributed by atoms with E-state index in [-0.39, 0.29) is 17.2 Å². The Hall–Kier alpha value is -2.61. The molecule has 1 amide bonds. The zero-order valence-corrected chi connectivity index (χ0v) is 18.0. The van der Waals surface area contributed by atoms with Crippen molar-refractivity contribution >= 4 is 57.6 Å². The minimum absolute atomic E-state index is 0.276. The number of hydrogen-bond donors (Lipinski definition) is 0. The molecule has 5 nitrogen and oxygen atoms in total. The third kappa shape index (κ3) is 3.46. The highest BCUT2D eigenvalue weighted by Gasteiger charge is 2.37. The number of thiocarbonyl (C=S) groups is 1. The number of carbonyl (C=O) groups excluding carboxylic acids is 1. The minimum Gasteiger partial charge on any atom is -0.283 e. The van der Waals surface area contributed by atoms with Gasteiger partial charge in [-0.1, -0.05) is 65.9 Å². The zero-order valence-electron chi connectivity index (χ0n) is 15.6. The van der Waals surface area contributed by atoms with Crippen LogP contribution < -0.4 is 10.5 Å². The first-order chi connectivity index (χ1) is 13.9. The van der Waals surface area contributed by atoms with E-state index in [1.165, 1.54) is 21.3 Å². The molecule has 1 aliphatic rings. The van der Waals surface area contributed by atoms with Crippen molar-refractivity contribution in [2.75, 3.05) is 4.90 Å². The molecular formula is C21H16ClN3O2S2. The average molecular weight is 442 g/mol. The molecule has 1 fully saturated rings. The lowest BCUT2D eigenvalue weighted by Crippen LogP contribution is -2.33. The Labute approximate surface area is 182 Å². The van der Waals surface area contributed by atoms with E-state index >= 15 is 0 Å². The summed E-state index contributed by atoms with van der Waals surface area (Å²) in [5, 5.41) is 0.621. The summed E-state index contributed by atoms with van der Waals surface area (Å²) in [6.07, 6.45) is 1.75. The van der Waals surface area contributed by atoms with Gasteiger partial charge in [0.1, 0.15) is 5.69 Å². The summed E-state index contributed by atoms with van der Waals surface area (Å²) in [5.74, 6) is -0.305. The Kier molecular flexibility index (Phi) is 5.21. The number of amides is 1. The maximum atomic E-state index is 13.2. The summed E-state index contributed by atoms with van der Waals surface area (Å²) < 4.78 is 3.60. The summed E-state index contributed by atoms with van der Waals surface area (Å²) in [6.45, 7) is 1.80. The van der Waals surface area contributed by atoms with Crippen LogP contribution in [0, 0.1) is 6.92 Å². The number of carbonyl (C=O) groups is 1. The molecule has 0 N–H and O–H groups in total. The molecule has 0 unspecified atom stereocenters. The quantitative estimate of drug-likeness (QED) is 0.442. The fraction of sp³-hybridized carbons (Fsp3) is 0.0952. The topological polar surface area (TPSA) is 47.2 Å². The van der Waals surface area contributed by atoms with E-state index < -0.39 is 0 Å². The van der Waals surface area contributed by atoms with Crippen LogP contribution in [-0.2, 0) is 11.8 Å².